The number of ether oxygens (including phenoxy) is 1. The van der Waals surface area contributed by atoms with Crippen molar-refractivity contribution in [3.8, 4) is 0 Å². The predicted octanol–water partition coefficient (Wildman–Crippen LogP) is 3.50. The van der Waals surface area contributed by atoms with Crippen molar-refractivity contribution in [2.45, 2.75) is 25.4 Å². The number of para-hydroxylation sites is 1. The van der Waals surface area contributed by atoms with Crippen LogP contribution >= 0.6 is 11.6 Å². The number of pyridine rings is 1. The van der Waals surface area contributed by atoms with E-state index >= 15 is 0 Å². The summed E-state index contributed by atoms with van der Waals surface area (Å²) < 4.78 is 5.20. The van der Waals surface area contributed by atoms with Crippen LogP contribution < -0.4 is 0 Å². The molecule has 0 radical (unpaired) electrons. The largest absolute Gasteiger partial charge is 0.383 e. The molecule has 1 saturated carbocycles. The molecule has 4 heteroatoms. The molecule has 106 valence electrons. The Morgan fingerprint density at radius 2 is 2.15 bits per heavy atom. The van der Waals surface area contributed by atoms with Gasteiger partial charge in [0.05, 0.1) is 12.1 Å². The third-order valence-electron chi connectivity index (χ3n) is 3.77. The zero-order valence-electron chi connectivity index (χ0n) is 11.7. The predicted molar refractivity (Wildman–Crippen MR) is 82.1 cm³/mol. The van der Waals surface area contributed by atoms with Crippen molar-refractivity contribution < 1.29 is 4.74 Å². The monoisotopic (exact) mass is 290 g/mol. The van der Waals surface area contributed by atoms with E-state index in [-0.39, 0.29) is 0 Å². The summed E-state index contributed by atoms with van der Waals surface area (Å²) in [7, 11) is 1.75. The molecule has 1 aromatic carbocycles. The maximum Gasteiger partial charge on any atom is 0.134 e. The SMILES string of the molecule is COCCN(Cc1cc2ccccc2nc1Cl)C1CC1. The van der Waals surface area contributed by atoms with E-state index in [9.17, 15) is 0 Å². The van der Waals surface area contributed by atoms with Gasteiger partial charge in [0.1, 0.15) is 5.15 Å². The smallest absolute Gasteiger partial charge is 0.134 e. The van der Waals surface area contributed by atoms with E-state index in [1.54, 1.807) is 7.11 Å². The van der Waals surface area contributed by atoms with Gasteiger partial charge in [-0.15, -0.1) is 0 Å². The molecule has 1 heterocycles. The standard InChI is InChI=1S/C16H19ClN2O/c1-20-9-8-19(14-6-7-14)11-13-10-12-4-2-3-5-15(12)18-16(13)17/h2-5,10,14H,6-9,11H2,1H3. The fraction of sp³-hybridized carbons (Fsp3) is 0.438. The Kier molecular flexibility index (Phi) is 4.20. The van der Waals surface area contributed by atoms with E-state index in [0.29, 0.717) is 11.2 Å². The second kappa shape index (κ2) is 6.08. The lowest BCUT2D eigenvalue weighted by atomic mass is 10.1. The Balaban J connectivity index is 1.83. The van der Waals surface area contributed by atoms with E-state index < -0.39 is 0 Å². The Bertz CT molecular complexity index is 598. The number of halogens is 1. The lowest BCUT2D eigenvalue weighted by Crippen LogP contribution is -2.29. The molecule has 1 aliphatic carbocycles. The van der Waals surface area contributed by atoms with Crippen LogP contribution in [0.1, 0.15) is 18.4 Å². The molecule has 1 fully saturated rings. The van der Waals surface area contributed by atoms with Crippen LogP contribution in [0.15, 0.2) is 30.3 Å². The highest BCUT2D eigenvalue weighted by molar-refractivity contribution is 6.30. The first-order valence-corrected chi connectivity index (χ1v) is 7.43. The van der Waals surface area contributed by atoms with Gasteiger partial charge in [-0.05, 0) is 25.0 Å². The van der Waals surface area contributed by atoms with Crippen LogP contribution in [-0.2, 0) is 11.3 Å². The number of hydrogen-bond acceptors (Lipinski definition) is 3. The van der Waals surface area contributed by atoms with Crippen molar-refractivity contribution in [3.05, 3.63) is 41.0 Å². The lowest BCUT2D eigenvalue weighted by Gasteiger charge is -2.22. The van der Waals surface area contributed by atoms with Crippen molar-refractivity contribution in [1.29, 1.82) is 0 Å². The Morgan fingerprint density at radius 3 is 2.90 bits per heavy atom. The fourth-order valence-corrected chi connectivity index (χ4v) is 2.71. The Hall–Kier alpha value is -1.16. The molecule has 0 spiro atoms. The quantitative estimate of drug-likeness (QED) is 0.762. The number of hydrogen-bond donors (Lipinski definition) is 0. The number of aromatic nitrogens is 1. The van der Waals surface area contributed by atoms with E-state index in [4.69, 9.17) is 16.3 Å². The lowest BCUT2D eigenvalue weighted by molar-refractivity contribution is 0.139. The van der Waals surface area contributed by atoms with Gasteiger partial charge in [0.15, 0.2) is 0 Å². The molecular weight excluding hydrogens is 272 g/mol. The first-order chi connectivity index (χ1) is 9.78. The summed E-state index contributed by atoms with van der Waals surface area (Å²) in [6, 6.07) is 10.9. The normalized spacial score (nSPS) is 15.2. The van der Waals surface area contributed by atoms with Gasteiger partial charge in [0.2, 0.25) is 0 Å². The number of nitrogens with zero attached hydrogens (tertiary/aromatic N) is 2. The highest BCUT2D eigenvalue weighted by atomic mass is 35.5. The molecule has 0 amide bonds. The molecule has 0 atom stereocenters. The van der Waals surface area contributed by atoms with Crippen LogP contribution in [0, 0.1) is 0 Å². The van der Waals surface area contributed by atoms with Crippen molar-refractivity contribution in [1.82, 2.24) is 9.88 Å². The topological polar surface area (TPSA) is 25.4 Å². The van der Waals surface area contributed by atoms with Gasteiger partial charge < -0.3 is 4.74 Å². The highest BCUT2D eigenvalue weighted by Gasteiger charge is 2.29. The third-order valence-corrected chi connectivity index (χ3v) is 4.10. The molecule has 0 unspecified atom stereocenters. The molecule has 0 N–H and O–H groups in total. The first kappa shape index (κ1) is 13.8. The van der Waals surface area contributed by atoms with Crippen molar-refractivity contribution in [3.63, 3.8) is 0 Å². The van der Waals surface area contributed by atoms with Gasteiger partial charge in [0.25, 0.3) is 0 Å². The molecular formula is C16H19ClN2O. The zero-order valence-corrected chi connectivity index (χ0v) is 12.4. The molecule has 0 bridgehead atoms. The zero-order chi connectivity index (χ0) is 13.9. The minimum Gasteiger partial charge on any atom is -0.383 e. The van der Waals surface area contributed by atoms with E-state index in [2.05, 4.69) is 22.0 Å². The van der Waals surface area contributed by atoms with Crippen LogP contribution in [0.5, 0.6) is 0 Å². The number of fused-ring (bicyclic) bond motifs is 1. The van der Waals surface area contributed by atoms with Crippen molar-refractivity contribution in [2.75, 3.05) is 20.3 Å². The van der Waals surface area contributed by atoms with Crippen molar-refractivity contribution in [2.24, 2.45) is 0 Å². The van der Waals surface area contributed by atoms with E-state index in [1.165, 1.54) is 12.8 Å². The molecule has 3 nitrogen and oxygen atoms in total. The van der Waals surface area contributed by atoms with Gasteiger partial charge in [0, 0.05) is 37.2 Å². The van der Waals surface area contributed by atoms with Gasteiger partial charge in [-0.3, -0.25) is 4.90 Å². The summed E-state index contributed by atoms with van der Waals surface area (Å²) >= 11 is 6.34. The molecule has 1 aliphatic rings. The van der Waals surface area contributed by atoms with Crippen LogP contribution in [-0.4, -0.2) is 36.2 Å². The summed E-state index contributed by atoms with van der Waals surface area (Å²) in [5.74, 6) is 0. The van der Waals surface area contributed by atoms with E-state index in [0.717, 1.165) is 36.2 Å². The summed E-state index contributed by atoms with van der Waals surface area (Å²) in [5, 5.41) is 1.76. The number of benzene rings is 1. The summed E-state index contributed by atoms with van der Waals surface area (Å²) in [6.07, 6.45) is 2.56. The molecule has 20 heavy (non-hydrogen) atoms. The molecule has 1 aromatic heterocycles. The molecule has 2 aromatic rings. The average Bonchev–Trinajstić information content (AvgIpc) is 3.28. The number of rotatable bonds is 6. The highest BCUT2D eigenvalue weighted by Crippen LogP contribution is 2.30. The van der Waals surface area contributed by atoms with E-state index in [1.807, 2.05) is 18.2 Å². The minimum absolute atomic E-state index is 0.617. The van der Waals surface area contributed by atoms with Crippen LogP contribution in [0.3, 0.4) is 0 Å². The summed E-state index contributed by atoms with van der Waals surface area (Å²) in [5.41, 5.74) is 2.06. The maximum absolute atomic E-state index is 6.34. The molecule has 0 aliphatic heterocycles. The van der Waals surface area contributed by atoms with Crippen LogP contribution in [0.4, 0.5) is 0 Å². The molecule has 3 rings (SSSR count). The van der Waals surface area contributed by atoms with Gasteiger partial charge in [-0.1, -0.05) is 29.8 Å². The Labute approximate surface area is 124 Å². The minimum atomic E-state index is 0.617. The number of methoxy groups -OCH3 is 1. The average molecular weight is 291 g/mol. The maximum atomic E-state index is 6.34. The van der Waals surface area contributed by atoms with Gasteiger partial charge in [-0.25, -0.2) is 4.98 Å². The summed E-state index contributed by atoms with van der Waals surface area (Å²) in [4.78, 5) is 6.94. The Morgan fingerprint density at radius 1 is 1.35 bits per heavy atom. The third kappa shape index (κ3) is 3.11. The second-order valence-corrected chi connectivity index (χ2v) is 5.68. The van der Waals surface area contributed by atoms with Crippen LogP contribution in [0.2, 0.25) is 5.15 Å². The second-order valence-electron chi connectivity index (χ2n) is 5.33. The van der Waals surface area contributed by atoms with Crippen LogP contribution in [0.25, 0.3) is 10.9 Å². The first-order valence-electron chi connectivity index (χ1n) is 7.05. The van der Waals surface area contributed by atoms with Crippen molar-refractivity contribution >= 4 is 22.5 Å². The molecule has 0 saturated heterocycles. The fourth-order valence-electron chi connectivity index (χ4n) is 2.50. The summed E-state index contributed by atoms with van der Waals surface area (Å²) in [6.45, 7) is 2.56. The van der Waals surface area contributed by atoms with Gasteiger partial charge >= 0.3 is 0 Å². The van der Waals surface area contributed by atoms with Gasteiger partial charge in [-0.2, -0.15) is 0 Å².